The highest BCUT2D eigenvalue weighted by Gasteiger charge is 2.09. The van der Waals surface area contributed by atoms with Gasteiger partial charge < -0.3 is 19.6 Å². The lowest BCUT2D eigenvalue weighted by Crippen LogP contribution is -2.24. The van der Waals surface area contributed by atoms with Crippen LogP contribution in [0.25, 0.3) is 0 Å². The first-order chi connectivity index (χ1) is 7.40. The summed E-state index contributed by atoms with van der Waals surface area (Å²) in [6, 6.07) is 0. The maximum Gasteiger partial charge on any atom is 0.249 e. The van der Waals surface area contributed by atoms with Crippen LogP contribution in [0.5, 0.6) is 0 Å². The fraction of sp³-hybridized carbons (Fsp3) is 0.545. The molecule has 0 aromatic heterocycles. The van der Waals surface area contributed by atoms with Gasteiger partial charge in [0.2, 0.25) is 5.91 Å². The number of aliphatic hydroxyl groups is 1. The fourth-order valence-corrected chi connectivity index (χ4v) is 0.888. The quantitative estimate of drug-likeness (QED) is 0.411. The van der Waals surface area contributed by atoms with Crippen molar-refractivity contribution in [1.29, 1.82) is 0 Å². The first-order valence-corrected chi connectivity index (χ1v) is 4.91. The molecule has 0 saturated carbocycles. The van der Waals surface area contributed by atoms with Crippen molar-refractivity contribution in [3.8, 4) is 0 Å². The summed E-state index contributed by atoms with van der Waals surface area (Å²) in [5.74, 6) is -0.406. The third kappa shape index (κ3) is 4.84. The van der Waals surface area contributed by atoms with Crippen LogP contribution in [0.2, 0.25) is 0 Å². The van der Waals surface area contributed by atoms with Gasteiger partial charge in [0, 0.05) is 40.9 Å². The number of ether oxygens (including phenoxy) is 1. The van der Waals surface area contributed by atoms with Crippen LogP contribution < -0.4 is 0 Å². The summed E-state index contributed by atoms with van der Waals surface area (Å²) in [4.78, 5) is 14.4. The molecule has 0 aliphatic heterocycles. The van der Waals surface area contributed by atoms with Crippen molar-refractivity contribution in [2.45, 2.75) is 0 Å². The fourth-order valence-electron chi connectivity index (χ4n) is 0.888. The summed E-state index contributed by atoms with van der Waals surface area (Å²) in [7, 11) is 6.60. The van der Waals surface area contributed by atoms with Gasteiger partial charge in [-0.2, -0.15) is 0 Å². The summed E-state index contributed by atoms with van der Waals surface area (Å²) < 4.78 is 4.90. The molecule has 0 bridgehead atoms. The minimum Gasteiger partial charge on any atom is -0.506 e. The van der Waals surface area contributed by atoms with Crippen LogP contribution in [0.4, 0.5) is 0 Å². The molecular weight excluding hydrogens is 208 g/mol. The summed E-state index contributed by atoms with van der Waals surface area (Å²) in [6.45, 7) is 4.83. The average Bonchev–Trinajstić information content (AvgIpc) is 2.24. The standard InChI is InChI=1S/C11H20N2O3/c1-9(13(4)6-7-16-5)10(14)8-11(15)12(2)3/h8,14H,1,6-7H2,2-5H3/b10-8-. The SMILES string of the molecule is C=C(/C(O)=C/C(=O)N(C)C)N(C)CCOC. The molecule has 5 heteroatoms. The zero-order valence-corrected chi connectivity index (χ0v) is 10.4. The van der Waals surface area contributed by atoms with E-state index in [0.29, 0.717) is 18.8 Å². The number of carbonyl (C=O) groups excluding carboxylic acids is 1. The number of methoxy groups -OCH3 is 1. The number of amides is 1. The van der Waals surface area contributed by atoms with Crippen molar-refractivity contribution in [1.82, 2.24) is 9.80 Å². The van der Waals surface area contributed by atoms with Gasteiger partial charge in [-0.25, -0.2) is 0 Å². The molecule has 0 unspecified atom stereocenters. The molecule has 0 aliphatic rings. The molecule has 0 heterocycles. The van der Waals surface area contributed by atoms with E-state index in [2.05, 4.69) is 6.58 Å². The van der Waals surface area contributed by atoms with E-state index in [1.165, 1.54) is 4.90 Å². The van der Waals surface area contributed by atoms with Crippen molar-refractivity contribution in [3.05, 3.63) is 24.1 Å². The zero-order valence-electron chi connectivity index (χ0n) is 10.4. The van der Waals surface area contributed by atoms with Gasteiger partial charge in [0.1, 0.15) is 5.76 Å². The van der Waals surface area contributed by atoms with Crippen molar-refractivity contribution in [2.75, 3.05) is 41.4 Å². The zero-order chi connectivity index (χ0) is 12.7. The van der Waals surface area contributed by atoms with Crippen LogP contribution in [-0.4, -0.2) is 62.2 Å². The van der Waals surface area contributed by atoms with E-state index < -0.39 is 0 Å². The van der Waals surface area contributed by atoms with E-state index in [9.17, 15) is 9.90 Å². The van der Waals surface area contributed by atoms with E-state index in [1.807, 2.05) is 0 Å². The molecule has 1 amide bonds. The second-order valence-electron chi connectivity index (χ2n) is 3.62. The molecule has 0 spiro atoms. The molecule has 5 nitrogen and oxygen atoms in total. The van der Waals surface area contributed by atoms with Crippen molar-refractivity contribution < 1.29 is 14.6 Å². The topological polar surface area (TPSA) is 53.0 Å². The van der Waals surface area contributed by atoms with Gasteiger partial charge in [0.05, 0.1) is 12.3 Å². The second-order valence-corrected chi connectivity index (χ2v) is 3.62. The highest BCUT2D eigenvalue weighted by atomic mass is 16.5. The number of nitrogens with zero attached hydrogens (tertiary/aromatic N) is 2. The Kier molecular flexibility index (Phi) is 6.25. The van der Waals surface area contributed by atoms with Gasteiger partial charge in [-0.05, 0) is 0 Å². The molecule has 0 aromatic carbocycles. The largest absolute Gasteiger partial charge is 0.506 e. The van der Waals surface area contributed by atoms with Gasteiger partial charge >= 0.3 is 0 Å². The first kappa shape index (κ1) is 14.5. The molecule has 0 radical (unpaired) electrons. The molecule has 16 heavy (non-hydrogen) atoms. The molecule has 0 aromatic rings. The number of likely N-dealkylation sites (N-methyl/N-ethyl adjacent to an activating group) is 2. The predicted molar refractivity (Wildman–Crippen MR) is 63.1 cm³/mol. The maximum absolute atomic E-state index is 11.3. The monoisotopic (exact) mass is 228 g/mol. The number of hydrogen-bond acceptors (Lipinski definition) is 4. The van der Waals surface area contributed by atoms with E-state index in [0.717, 1.165) is 6.08 Å². The Bertz CT molecular complexity index is 285. The van der Waals surface area contributed by atoms with E-state index in [4.69, 9.17) is 4.74 Å². The lowest BCUT2D eigenvalue weighted by atomic mass is 10.3. The molecule has 0 aliphatic carbocycles. The first-order valence-electron chi connectivity index (χ1n) is 4.91. The minimum absolute atomic E-state index is 0.127. The van der Waals surface area contributed by atoms with Crippen LogP contribution in [0.15, 0.2) is 24.1 Å². The predicted octanol–water partition coefficient (Wildman–Crippen LogP) is 0.608. The van der Waals surface area contributed by atoms with E-state index in [1.54, 1.807) is 33.2 Å². The lowest BCUT2D eigenvalue weighted by Gasteiger charge is -2.20. The van der Waals surface area contributed by atoms with E-state index >= 15 is 0 Å². The molecule has 0 atom stereocenters. The summed E-state index contributed by atoms with van der Waals surface area (Å²) in [5, 5.41) is 9.64. The lowest BCUT2D eigenvalue weighted by molar-refractivity contribution is -0.123. The Hall–Kier alpha value is -1.49. The van der Waals surface area contributed by atoms with Crippen LogP contribution >= 0.6 is 0 Å². The summed E-state index contributed by atoms with van der Waals surface area (Å²) in [6.07, 6.45) is 1.14. The molecule has 0 saturated heterocycles. The van der Waals surface area contributed by atoms with Gasteiger partial charge in [-0.15, -0.1) is 0 Å². The molecule has 0 rings (SSSR count). The second kappa shape index (κ2) is 6.90. The summed E-state index contributed by atoms with van der Waals surface area (Å²) in [5.41, 5.74) is 0.396. The van der Waals surface area contributed by atoms with Crippen molar-refractivity contribution >= 4 is 5.91 Å². The molecule has 1 N–H and O–H groups in total. The number of aliphatic hydroxyl groups excluding tert-OH is 1. The van der Waals surface area contributed by atoms with Gasteiger partial charge in [0.25, 0.3) is 0 Å². The Labute approximate surface area is 96.6 Å². The normalized spacial score (nSPS) is 11.1. The smallest absolute Gasteiger partial charge is 0.249 e. The van der Waals surface area contributed by atoms with Crippen LogP contribution in [-0.2, 0) is 9.53 Å². The maximum atomic E-state index is 11.3. The number of rotatable bonds is 6. The summed E-state index contributed by atoms with van der Waals surface area (Å²) >= 11 is 0. The van der Waals surface area contributed by atoms with E-state index in [-0.39, 0.29) is 11.7 Å². The Morgan fingerprint density at radius 3 is 2.44 bits per heavy atom. The minimum atomic E-state index is -0.279. The van der Waals surface area contributed by atoms with Gasteiger partial charge in [-0.1, -0.05) is 6.58 Å². The third-order valence-corrected chi connectivity index (χ3v) is 2.09. The molecular formula is C11H20N2O3. The highest BCUT2D eigenvalue weighted by Crippen LogP contribution is 2.08. The van der Waals surface area contributed by atoms with Crippen molar-refractivity contribution in [2.24, 2.45) is 0 Å². The Morgan fingerprint density at radius 1 is 1.44 bits per heavy atom. The molecule has 0 fully saturated rings. The Balaban J connectivity index is 4.42. The van der Waals surface area contributed by atoms with Crippen molar-refractivity contribution in [3.63, 3.8) is 0 Å². The number of carbonyl (C=O) groups is 1. The van der Waals surface area contributed by atoms with Crippen LogP contribution in [0, 0.1) is 0 Å². The van der Waals surface area contributed by atoms with Crippen LogP contribution in [0.1, 0.15) is 0 Å². The van der Waals surface area contributed by atoms with Gasteiger partial charge in [0.15, 0.2) is 0 Å². The van der Waals surface area contributed by atoms with Gasteiger partial charge in [-0.3, -0.25) is 4.79 Å². The highest BCUT2D eigenvalue weighted by molar-refractivity contribution is 5.88. The average molecular weight is 228 g/mol. The molecule has 92 valence electrons. The Morgan fingerprint density at radius 2 is 2.00 bits per heavy atom. The number of hydrogen-bond donors (Lipinski definition) is 1. The third-order valence-electron chi connectivity index (χ3n) is 2.09. The van der Waals surface area contributed by atoms with Crippen LogP contribution in [0.3, 0.4) is 0 Å².